The van der Waals surface area contributed by atoms with Crippen molar-refractivity contribution in [1.29, 1.82) is 0 Å². The van der Waals surface area contributed by atoms with Crippen LogP contribution in [0.4, 0.5) is 0 Å². The van der Waals surface area contributed by atoms with Crippen molar-refractivity contribution in [2.24, 2.45) is 5.41 Å². The highest BCUT2D eigenvalue weighted by molar-refractivity contribution is 5.45. The summed E-state index contributed by atoms with van der Waals surface area (Å²) in [6.07, 6.45) is 8.36. The summed E-state index contributed by atoms with van der Waals surface area (Å²) in [5, 5.41) is 9.22. The smallest absolute Gasteiger partial charge is 0.155 e. The fraction of sp³-hybridized carbons (Fsp3) is 0.421. The Morgan fingerprint density at radius 1 is 1.08 bits per heavy atom. The lowest BCUT2D eigenvalue weighted by Gasteiger charge is -2.34. The number of hydrogen-bond acceptors (Lipinski definition) is 3. The van der Waals surface area contributed by atoms with Crippen LogP contribution >= 0.6 is 0 Å². The van der Waals surface area contributed by atoms with Gasteiger partial charge in [-0.2, -0.15) is 10.2 Å². The maximum absolute atomic E-state index is 4.96. The van der Waals surface area contributed by atoms with Crippen molar-refractivity contribution in [3.05, 3.63) is 54.1 Å². The first-order valence-electron chi connectivity index (χ1n) is 8.58. The van der Waals surface area contributed by atoms with Gasteiger partial charge >= 0.3 is 0 Å². The lowest BCUT2D eigenvalue weighted by Crippen LogP contribution is -2.32. The highest BCUT2D eigenvalue weighted by Crippen LogP contribution is 2.67. The van der Waals surface area contributed by atoms with Gasteiger partial charge in [0.1, 0.15) is 0 Å². The minimum Gasteiger partial charge on any atom is -0.223 e. The molecule has 122 valence electrons. The molecule has 2 atom stereocenters. The Morgan fingerprint density at radius 2 is 1.88 bits per heavy atom. The molecular formula is C19H21N5. The first-order valence-corrected chi connectivity index (χ1v) is 8.58. The lowest BCUT2D eigenvalue weighted by molar-refractivity contribution is 0.224. The molecule has 0 N–H and O–H groups in total. The summed E-state index contributed by atoms with van der Waals surface area (Å²) in [5.41, 5.74) is 3.17. The minimum atomic E-state index is 0.178. The summed E-state index contributed by atoms with van der Waals surface area (Å²) in [7, 11) is 0. The zero-order valence-electron chi connectivity index (χ0n) is 14.3. The van der Waals surface area contributed by atoms with Crippen molar-refractivity contribution in [3.63, 3.8) is 0 Å². The van der Waals surface area contributed by atoms with E-state index in [1.54, 1.807) is 10.9 Å². The standard InChI is InChI=1S/C19H21N5/c1-18(2)14-8-9-19(18,3)17-13(14)12-24(22-17)16-7-4-6-15(21-16)23-11-5-10-20-23/h4-7,10-12,14H,8-9H2,1-3H3/t14-,19+/m1/s1. The monoisotopic (exact) mass is 319 g/mol. The Bertz CT molecular complexity index is 921. The third-order valence-electron chi connectivity index (χ3n) is 6.56. The Hall–Kier alpha value is -2.43. The molecule has 3 aromatic heterocycles. The average molecular weight is 319 g/mol. The van der Waals surface area contributed by atoms with Gasteiger partial charge in [0.15, 0.2) is 11.6 Å². The van der Waals surface area contributed by atoms with Crippen LogP contribution in [0.2, 0.25) is 0 Å². The highest BCUT2D eigenvalue weighted by Gasteiger charge is 2.61. The van der Waals surface area contributed by atoms with Gasteiger partial charge in [0, 0.05) is 24.0 Å². The molecule has 24 heavy (non-hydrogen) atoms. The first-order chi connectivity index (χ1) is 11.5. The van der Waals surface area contributed by atoms with E-state index in [0.717, 1.165) is 11.6 Å². The maximum Gasteiger partial charge on any atom is 0.155 e. The Morgan fingerprint density at radius 3 is 2.58 bits per heavy atom. The quantitative estimate of drug-likeness (QED) is 0.725. The fourth-order valence-electron chi connectivity index (χ4n) is 4.73. The van der Waals surface area contributed by atoms with Gasteiger partial charge in [0.2, 0.25) is 0 Å². The minimum absolute atomic E-state index is 0.178. The Balaban J connectivity index is 1.60. The molecule has 5 rings (SSSR count). The Kier molecular flexibility index (Phi) is 2.53. The predicted molar refractivity (Wildman–Crippen MR) is 91.6 cm³/mol. The van der Waals surface area contributed by atoms with Gasteiger partial charge in [-0.1, -0.05) is 26.8 Å². The van der Waals surface area contributed by atoms with Gasteiger partial charge in [0.25, 0.3) is 0 Å². The van der Waals surface area contributed by atoms with E-state index in [2.05, 4.69) is 32.1 Å². The van der Waals surface area contributed by atoms with Crippen LogP contribution in [-0.2, 0) is 5.41 Å². The van der Waals surface area contributed by atoms with Crippen LogP contribution in [0.3, 0.4) is 0 Å². The van der Waals surface area contributed by atoms with E-state index in [0.29, 0.717) is 11.3 Å². The van der Waals surface area contributed by atoms with E-state index < -0.39 is 0 Å². The summed E-state index contributed by atoms with van der Waals surface area (Å²) >= 11 is 0. The zero-order chi connectivity index (χ0) is 16.5. The summed E-state index contributed by atoms with van der Waals surface area (Å²) in [4.78, 5) is 4.73. The van der Waals surface area contributed by atoms with E-state index in [-0.39, 0.29) is 5.41 Å². The van der Waals surface area contributed by atoms with Crippen LogP contribution in [-0.4, -0.2) is 24.5 Å². The zero-order valence-corrected chi connectivity index (χ0v) is 14.3. The molecule has 3 aromatic rings. The molecule has 3 heterocycles. The largest absolute Gasteiger partial charge is 0.223 e. The number of fused-ring (bicyclic) bond motifs is 5. The molecule has 1 saturated carbocycles. The van der Waals surface area contributed by atoms with E-state index in [9.17, 15) is 0 Å². The van der Waals surface area contributed by atoms with Crippen molar-refractivity contribution >= 4 is 0 Å². The molecule has 0 aliphatic heterocycles. The SMILES string of the molecule is CC1(C)[C@@H]2CC[C@@]1(C)c1nn(-c3cccc(-n4cccn4)n3)cc12. The topological polar surface area (TPSA) is 48.5 Å². The second kappa shape index (κ2) is 4.35. The first kappa shape index (κ1) is 14.0. The molecule has 1 fully saturated rings. The summed E-state index contributed by atoms with van der Waals surface area (Å²) in [5.74, 6) is 2.27. The molecule has 0 radical (unpaired) electrons. The van der Waals surface area contributed by atoms with Gasteiger partial charge in [-0.15, -0.1) is 0 Å². The van der Waals surface area contributed by atoms with Crippen LogP contribution in [0.1, 0.15) is 50.8 Å². The molecule has 5 nitrogen and oxygen atoms in total. The van der Waals surface area contributed by atoms with E-state index >= 15 is 0 Å². The molecule has 0 amide bonds. The van der Waals surface area contributed by atoms with Crippen molar-refractivity contribution in [2.45, 2.75) is 44.9 Å². The van der Waals surface area contributed by atoms with Crippen molar-refractivity contribution < 1.29 is 0 Å². The third kappa shape index (κ3) is 1.57. The van der Waals surface area contributed by atoms with E-state index in [1.165, 1.54) is 24.1 Å². The summed E-state index contributed by atoms with van der Waals surface area (Å²) in [6.45, 7) is 7.17. The normalized spacial score (nSPS) is 26.7. The van der Waals surface area contributed by atoms with Crippen LogP contribution in [0.25, 0.3) is 11.6 Å². The fourth-order valence-corrected chi connectivity index (χ4v) is 4.73. The molecule has 2 aliphatic rings. The molecule has 0 spiro atoms. The summed E-state index contributed by atoms with van der Waals surface area (Å²) < 4.78 is 3.72. The molecule has 5 heteroatoms. The lowest BCUT2D eigenvalue weighted by atomic mass is 9.70. The predicted octanol–water partition coefficient (Wildman–Crippen LogP) is 3.63. The van der Waals surface area contributed by atoms with E-state index in [4.69, 9.17) is 10.1 Å². The number of hydrogen-bond donors (Lipinski definition) is 0. The number of aromatic nitrogens is 5. The van der Waals surface area contributed by atoms with E-state index in [1.807, 2.05) is 35.1 Å². The van der Waals surface area contributed by atoms with Crippen molar-refractivity contribution in [2.75, 3.05) is 0 Å². The van der Waals surface area contributed by atoms with Gasteiger partial charge in [-0.25, -0.2) is 14.3 Å². The molecule has 0 aromatic carbocycles. The second-order valence-corrected chi connectivity index (χ2v) is 7.83. The average Bonchev–Trinajstić information content (AvgIpc) is 3.30. The molecule has 0 unspecified atom stereocenters. The summed E-state index contributed by atoms with van der Waals surface area (Å²) in [6, 6.07) is 7.87. The van der Waals surface area contributed by atoms with Crippen LogP contribution in [0.5, 0.6) is 0 Å². The number of nitrogens with zero attached hydrogens (tertiary/aromatic N) is 5. The molecule has 2 aliphatic carbocycles. The Labute approximate surface area is 141 Å². The van der Waals surface area contributed by atoms with Gasteiger partial charge in [-0.3, -0.25) is 0 Å². The molecular weight excluding hydrogens is 298 g/mol. The van der Waals surface area contributed by atoms with Crippen LogP contribution in [0, 0.1) is 5.41 Å². The van der Waals surface area contributed by atoms with Gasteiger partial charge < -0.3 is 0 Å². The number of rotatable bonds is 2. The second-order valence-electron chi connectivity index (χ2n) is 7.83. The maximum atomic E-state index is 4.96. The van der Waals surface area contributed by atoms with Gasteiger partial charge in [-0.05, 0) is 47.9 Å². The number of pyridine rings is 1. The third-order valence-corrected chi connectivity index (χ3v) is 6.56. The van der Waals surface area contributed by atoms with Gasteiger partial charge in [0.05, 0.1) is 5.69 Å². The van der Waals surface area contributed by atoms with Crippen LogP contribution in [0.15, 0.2) is 42.9 Å². The van der Waals surface area contributed by atoms with Crippen molar-refractivity contribution in [1.82, 2.24) is 24.5 Å². The van der Waals surface area contributed by atoms with Crippen LogP contribution < -0.4 is 0 Å². The highest BCUT2D eigenvalue weighted by atomic mass is 15.3. The van der Waals surface area contributed by atoms with Crippen molar-refractivity contribution in [3.8, 4) is 11.6 Å². The molecule has 0 saturated heterocycles. The molecule has 2 bridgehead atoms.